The summed E-state index contributed by atoms with van der Waals surface area (Å²) in [5, 5.41) is 9.49. The van der Waals surface area contributed by atoms with Gasteiger partial charge in [-0.1, -0.05) is 0 Å². The van der Waals surface area contributed by atoms with Crippen molar-refractivity contribution in [3.8, 4) is 0 Å². The number of fused-ring (bicyclic) bond motifs is 1. The largest absolute Gasteiger partial charge is 0.478 e. The SMILES string of the molecule is Cc1c(C(=O)O)cc2cc(Br)cn2c1N(C)C1CCOCC1. The highest BCUT2D eigenvalue weighted by molar-refractivity contribution is 9.10. The Hall–Kier alpha value is -1.53. The summed E-state index contributed by atoms with van der Waals surface area (Å²) >= 11 is 3.48. The van der Waals surface area contributed by atoms with Crippen LogP contribution in [0.5, 0.6) is 0 Å². The molecule has 0 spiro atoms. The van der Waals surface area contributed by atoms with E-state index >= 15 is 0 Å². The molecule has 0 bridgehead atoms. The zero-order chi connectivity index (χ0) is 15.9. The van der Waals surface area contributed by atoms with Gasteiger partial charge in [-0.15, -0.1) is 0 Å². The van der Waals surface area contributed by atoms with Crippen molar-refractivity contribution in [1.29, 1.82) is 0 Å². The lowest BCUT2D eigenvalue weighted by Gasteiger charge is -2.34. The first kappa shape index (κ1) is 15.4. The summed E-state index contributed by atoms with van der Waals surface area (Å²) < 4.78 is 8.43. The fourth-order valence-electron chi connectivity index (χ4n) is 3.20. The number of carboxylic acid groups (broad SMARTS) is 1. The maximum Gasteiger partial charge on any atom is 0.336 e. The van der Waals surface area contributed by atoms with Crippen LogP contribution in [-0.2, 0) is 4.74 Å². The van der Waals surface area contributed by atoms with Gasteiger partial charge in [0.05, 0.1) is 5.56 Å². The number of halogens is 1. The standard InChI is InChI=1S/C16H19BrN2O3/c1-10-14(16(20)21)8-13-7-11(17)9-19(13)15(10)18(2)12-3-5-22-6-4-12/h7-9,12H,3-6H2,1-2H3,(H,20,21). The number of carbonyl (C=O) groups is 1. The van der Waals surface area contributed by atoms with E-state index in [2.05, 4.69) is 25.2 Å². The number of rotatable bonds is 3. The van der Waals surface area contributed by atoms with Crippen molar-refractivity contribution in [1.82, 2.24) is 4.40 Å². The first-order valence-corrected chi connectivity index (χ1v) is 8.13. The molecule has 1 N–H and O–H groups in total. The second-order valence-electron chi connectivity index (χ2n) is 5.72. The fraction of sp³-hybridized carbons (Fsp3) is 0.438. The fourth-order valence-corrected chi connectivity index (χ4v) is 3.64. The van der Waals surface area contributed by atoms with Crippen LogP contribution in [0.25, 0.3) is 5.52 Å². The highest BCUT2D eigenvalue weighted by atomic mass is 79.9. The molecule has 0 atom stereocenters. The number of carboxylic acids is 1. The molecule has 3 rings (SSSR count). The number of anilines is 1. The van der Waals surface area contributed by atoms with E-state index in [9.17, 15) is 9.90 Å². The summed E-state index contributed by atoms with van der Waals surface area (Å²) in [6.07, 6.45) is 3.90. The Labute approximate surface area is 137 Å². The molecule has 2 aromatic rings. The average molecular weight is 367 g/mol. The average Bonchev–Trinajstić information content (AvgIpc) is 2.86. The molecule has 1 aliphatic rings. The van der Waals surface area contributed by atoms with Gasteiger partial charge in [-0.25, -0.2) is 4.79 Å². The molecular formula is C16H19BrN2O3. The van der Waals surface area contributed by atoms with Gasteiger partial charge in [-0.05, 0) is 47.8 Å². The van der Waals surface area contributed by atoms with Gasteiger partial charge < -0.3 is 19.1 Å². The molecule has 0 unspecified atom stereocenters. The highest BCUT2D eigenvalue weighted by Crippen LogP contribution is 2.31. The topological polar surface area (TPSA) is 54.2 Å². The van der Waals surface area contributed by atoms with Crippen molar-refractivity contribution in [2.45, 2.75) is 25.8 Å². The number of nitrogens with zero attached hydrogens (tertiary/aromatic N) is 2. The lowest BCUT2D eigenvalue weighted by molar-refractivity contribution is 0.0695. The molecule has 5 nitrogen and oxygen atoms in total. The van der Waals surface area contributed by atoms with Crippen molar-refractivity contribution in [2.24, 2.45) is 0 Å². The Morgan fingerprint density at radius 3 is 2.73 bits per heavy atom. The van der Waals surface area contributed by atoms with Crippen LogP contribution >= 0.6 is 15.9 Å². The molecule has 0 radical (unpaired) electrons. The van der Waals surface area contributed by atoms with Gasteiger partial charge >= 0.3 is 5.97 Å². The third-order valence-electron chi connectivity index (χ3n) is 4.38. The van der Waals surface area contributed by atoms with E-state index in [0.717, 1.165) is 47.4 Å². The predicted octanol–water partition coefficient (Wildman–Crippen LogP) is 3.32. The maximum absolute atomic E-state index is 11.6. The van der Waals surface area contributed by atoms with E-state index < -0.39 is 5.97 Å². The number of hydrogen-bond donors (Lipinski definition) is 1. The lowest BCUT2D eigenvalue weighted by atomic mass is 10.0. The predicted molar refractivity (Wildman–Crippen MR) is 89.0 cm³/mol. The Kier molecular flexibility index (Phi) is 4.14. The summed E-state index contributed by atoms with van der Waals surface area (Å²) in [7, 11) is 2.04. The summed E-state index contributed by atoms with van der Waals surface area (Å²) in [6, 6.07) is 4.03. The Morgan fingerprint density at radius 1 is 1.41 bits per heavy atom. The van der Waals surface area contributed by atoms with Gasteiger partial charge in [0.15, 0.2) is 0 Å². The van der Waals surface area contributed by atoms with E-state index in [0.29, 0.717) is 11.6 Å². The number of ether oxygens (including phenoxy) is 1. The minimum Gasteiger partial charge on any atom is -0.478 e. The molecule has 1 saturated heterocycles. The molecule has 6 heteroatoms. The van der Waals surface area contributed by atoms with Crippen LogP contribution in [0.3, 0.4) is 0 Å². The van der Waals surface area contributed by atoms with Crippen LogP contribution in [0.2, 0.25) is 0 Å². The van der Waals surface area contributed by atoms with Crippen LogP contribution in [0.1, 0.15) is 28.8 Å². The first-order valence-electron chi connectivity index (χ1n) is 7.34. The molecular weight excluding hydrogens is 348 g/mol. The monoisotopic (exact) mass is 366 g/mol. The summed E-state index contributed by atoms with van der Waals surface area (Å²) in [5.74, 6) is 0.0476. The second-order valence-corrected chi connectivity index (χ2v) is 6.64. The van der Waals surface area contributed by atoms with Gasteiger partial charge in [0.2, 0.25) is 0 Å². The smallest absolute Gasteiger partial charge is 0.336 e. The Bertz CT molecular complexity index is 720. The second kappa shape index (κ2) is 5.93. The first-order chi connectivity index (χ1) is 10.5. The van der Waals surface area contributed by atoms with Crippen molar-refractivity contribution in [2.75, 3.05) is 25.2 Å². The quantitative estimate of drug-likeness (QED) is 0.904. The van der Waals surface area contributed by atoms with E-state index in [1.165, 1.54) is 0 Å². The van der Waals surface area contributed by atoms with Crippen molar-refractivity contribution < 1.29 is 14.6 Å². The molecule has 1 fully saturated rings. The zero-order valence-electron chi connectivity index (χ0n) is 12.7. The zero-order valence-corrected chi connectivity index (χ0v) is 14.3. The molecule has 118 valence electrons. The molecule has 0 aliphatic carbocycles. The number of pyridine rings is 1. The van der Waals surface area contributed by atoms with Gasteiger partial charge in [-0.3, -0.25) is 0 Å². The Morgan fingerprint density at radius 2 is 2.09 bits per heavy atom. The number of aromatic carboxylic acids is 1. The van der Waals surface area contributed by atoms with Crippen LogP contribution in [0.15, 0.2) is 22.8 Å². The minimum atomic E-state index is -0.890. The van der Waals surface area contributed by atoms with Crippen LogP contribution in [-0.4, -0.2) is 41.8 Å². The van der Waals surface area contributed by atoms with E-state index in [1.807, 2.05) is 26.2 Å². The van der Waals surface area contributed by atoms with Gasteiger partial charge in [0, 0.05) is 48.1 Å². The molecule has 2 aromatic heterocycles. The molecule has 22 heavy (non-hydrogen) atoms. The molecule has 3 heterocycles. The van der Waals surface area contributed by atoms with Gasteiger partial charge in [-0.2, -0.15) is 0 Å². The normalized spacial score (nSPS) is 16.1. The molecule has 0 amide bonds. The number of hydrogen-bond acceptors (Lipinski definition) is 3. The summed E-state index contributed by atoms with van der Waals surface area (Å²) in [5.41, 5.74) is 2.02. The molecule has 0 aromatic carbocycles. The third-order valence-corrected chi connectivity index (χ3v) is 4.81. The Balaban J connectivity index is 2.16. The summed E-state index contributed by atoms with van der Waals surface area (Å²) in [4.78, 5) is 13.8. The molecule has 0 saturated carbocycles. The highest BCUT2D eigenvalue weighted by Gasteiger charge is 2.24. The summed E-state index contributed by atoms with van der Waals surface area (Å²) in [6.45, 7) is 3.39. The lowest BCUT2D eigenvalue weighted by Crippen LogP contribution is -2.38. The van der Waals surface area contributed by atoms with Gasteiger partial charge in [0.25, 0.3) is 0 Å². The number of aromatic nitrogens is 1. The van der Waals surface area contributed by atoms with Crippen LogP contribution in [0, 0.1) is 6.92 Å². The van der Waals surface area contributed by atoms with E-state index in [-0.39, 0.29) is 0 Å². The van der Waals surface area contributed by atoms with Gasteiger partial charge in [0.1, 0.15) is 5.82 Å². The van der Waals surface area contributed by atoms with E-state index in [1.54, 1.807) is 6.07 Å². The maximum atomic E-state index is 11.6. The van der Waals surface area contributed by atoms with Crippen molar-refractivity contribution in [3.05, 3.63) is 33.9 Å². The van der Waals surface area contributed by atoms with Crippen LogP contribution < -0.4 is 4.90 Å². The van der Waals surface area contributed by atoms with Crippen molar-refractivity contribution >= 4 is 33.2 Å². The van der Waals surface area contributed by atoms with Crippen LogP contribution in [0.4, 0.5) is 5.82 Å². The van der Waals surface area contributed by atoms with Crippen molar-refractivity contribution in [3.63, 3.8) is 0 Å². The molecule has 1 aliphatic heterocycles. The van der Waals surface area contributed by atoms with E-state index in [4.69, 9.17) is 4.74 Å². The minimum absolute atomic E-state index is 0.354. The third kappa shape index (κ3) is 2.61.